The van der Waals surface area contributed by atoms with Gasteiger partial charge in [-0.1, -0.05) is 0 Å². The molecular formula is C7H14N2O2. The molecule has 0 aromatic heterocycles. The highest BCUT2D eigenvalue weighted by Gasteiger charge is 2.25. The Kier molecular flexibility index (Phi) is 2.84. The number of carbonyl (C=O) groups is 1. The lowest BCUT2D eigenvalue weighted by atomic mass is 10.2. The third-order valence-electron chi connectivity index (χ3n) is 1.98. The quantitative estimate of drug-likeness (QED) is 0.500. The minimum absolute atomic E-state index is 0.103. The molecule has 1 heterocycles. The fourth-order valence-electron chi connectivity index (χ4n) is 1.21. The van der Waals surface area contributed by atoms with Crippen LogP contribution in [-0.4, -0.2) is 50.7 Å². The Balaban J connectivity index is 2.47. The molecule has 4 heteroatoms. The summed E-state index contributed by atoms with van der Waals surface area (Å²) in [5, 5.41) is 3.14. The fraction of sp³-hybridized carbons (Fsp3) is 0.857. The van der Waals surface area contributed by atoms with Crippen LogP contribution in [0.1, 0.15) is 0 Å². The van der Waals surface area contributed by atoms with Crippen molar-refractivity contribution in [1.82, 2.24) is 10.2 Å². The topological polar surface area (TPSA) is 41.6 Å². The van der Waals surface area contributed by atoms with Crippen molar-refractivity contribution in [2.24, 2.45) is 0 Å². The summed E-state index contributed by atoms with van der Waals surface area (Å²) in [5.74, 6) is -0.153. The number of ether oxygens (including phenoxy) is 1. The van der Waals surface area contributed by atoms with E-state index in [-0.39, 0.29) is 12.0 Å². The number of nitrogens with zero attached hydrogens (tertiary/aromatic N) is 1. The van der Waals surface area contributed by atoms with Crippen molar-refractivity contribution in [3.8, 4) is 0 Å². The van der Waals surface area contributed by atoms with E-state index in [9.17, 15) is 4.79 Å². The second kappa shape index (κ2) is 3.69. The maximum absolute atomic E-state index is 11.1. The summed E-state index contributed by atoms with van der Waals surface area (Å²) in [6.45, 7) is 2.55. The third kappa shape index (κ3) is 1.91. The molecule has 0 radical (unpaired) electrons. The van der Waals surface area contributed by atoms with E-state index in [1.54, 1.807) is 0 Å². The van der Waals surface area contributed by atoms with E-state index in [1.165, 1.54) is 7.11 Å². The molecule has 4 nitrogen and oxygen atoms in total. The van der Waals surface area contributed by atoms with Gasteiger partial charge in [-0.15, -0.1) is 0 Å². The second-order valence-electron chi connectivity index (χ2n) is 2.72. The van der Waals surface area contributed by atoms with E-state index in [0.29, 0.717) is 6.54 Å². The standard InChI is InChI=1S/C7H14N2O2/c1-9-4-3-8-5-6(9)7(10)11-2/h6,8H,3-5H2,1-2H3. The van der Waals surface area contributed by atoms with Crippen molar-refractivity contribution in [3.05, 3.63) is 0 Å². The van der Waals surface area contributed by atoms with E-state index in [4.69, 9.17) is 0 Å². The van der Waals surface area contributed by atoms with Crippen molar-refractivity contribution >= 4 is 5.97 Å². The summed E-state index contributed by atoms with van der Waals surface area (Å²) in [5.41, 5.74) is 0. The number of methoxy groups -OCH3 is 1. The van der Waals surface area contributed by atoms with E-state index in [0.717, 1.165) is 13.1 Å². The molecule has 1 aliphatic heterocycles. The number of carbonyl (C=O) groups excluding carboxylic acids is 1. The average Bonchev–Trinajstić information content (AvgIpc) is 2.04. The van der Waals surface area contributed by atoms with Gasteiger partial charge in [-0.3, -0.25) is 9.69 Å². The first-order chi connectivity index (χ1) is 5.25. The number of nitrogens with one attached hydrogen (secondary N) is 1. The van der Waals surface area contributed by atoms with E-state index >= 15 is 0 Å². The normalized spacial score (nSPS) is 26.5. The number of hydrogen-bond donors (Lipinski definition) is 1. The molecule has 0 aromatic rings. The number of piperazine rings is 1. The zero-order valence-electron chi connectivity index (χ0n) is 6.96. The van der Waals surface area contributed by atoms with Gasteiger partial charge in [-0.25, -0.2) is 0 Å². The zero-order valence-corrected chi connectivity index (χ0v) is 6.96. The van der Waals surface area contributed by atoms with Gasteiger partial charge in [-0.05, 0) is 7.05 Å². The van der Waals surface area contributed by atoms with Crippen LogP contribution < -0.4 is 5.32 Å². The highest BCUT2D eigenvalue weighted by atomic mass is 16.5. The molecular weight excluding hydrogens is 144 g/mol. The molecule has 0 aliphatic carbocycles. The van der Waals surface area contributed by atoms with Crippen LogP contribution in [0.5, 0.6) is 0 Å². The molecule has 64 valence electrons. The SMILES string of the molecule is COC(=O)C1CNCCN1C. The van der Waals surface area contributed by atoms with E-state index in [1.807, 2.05) is 11.9 Å². The number of likely N-dealkylation sites (N-methyl/N-ethyl adjacent to an activating group) is 1. The minimum atomic E-state index is -0.153. The van der Waals surface area contributed by atoms with Crippen LogP contribution in [0.15, 0.2) is 0 Å². The first kappa shape index (κ1) is 8.49. The second-order valence-corrected chi connectivity index (χ2v) is 2.72. The molecule has 1 atom stereocenters. The van der Waals surface area contributed by atoms with Crippen LogP contribution in [0.2, 0.25) is 0 Å². The average molecular weight is 158 g/mol. The third-order valence-corrected chi connectivity index (χ3v) is 1.98. The molecule has 1 rings (SSSR count). The number of hydrogen-bond acceptors (Lipinski definition) is 4. The van der Waals surface area contributed by atoms with Gasteiger partial charge in [0.05, 0.1) is 7.11 Å². The summed E-state index contributed by atoms with van der Waals surface area (Å²) in [6, 6.07) is -0.103. The predicted octanol–water partition coefficient (Wildman–Crippen LogP) is -0.937. The monoisotopic (exact) mass is 158 g/mol. The Morgan fingerprint density at radius 3 is 3.00 bits per heavy atom. The van der Waals surface area contributed by atoms with Crippen LogP contribution >= 0.6 is 0 Å². The molecule has 0 spiro atoms. The van der Waals surface area contributed by atoms with Gasteiger partial charge in [0, 0.05) is 19.6 Å². The van der Waals surface area contributed by atoms with Gasteiger partial charge in [-0.2, -0.15) is 0 Å². The highest BCUT2D eigenvalue weighted by molar-refractivity contribution is 5.76. The Bertz CT molecular complexity index is 149. The summed E-state index contributed by atoms with van der Waals surface area (Å²) in [6.07, 6.45) is 0. The van der Waals surface area contributed by atoms with Crippen molar-refractivity contribution in [2.45, 2.75) is 6.04 Å². The molecule has 0 bridgehead atoms. The van der Waals surface area contributed by atoms with Crippen molar-refractivity contribution in [1.29, 1.82) is 0 Å². The summed E-state index contributed by atoms with van der Waals surface area (Å²) < 4.78 is 4.64. The lowest BCUT2D eigenvalue weighted by Gasteiger charge is -2.30. The van der Waals surface area contributed by atoms with Crippen molar-refractivity contribution in [2.75, 3.05) is 33.8 Å². The molecule has 0 aromatic carbocycles. The van der Waals surface area contributed by atoms with Gasteiger partial charge in [0.15, 0.2) is 0 Å². The number of esters is 1. The van der Waals surface area contributed by atoms with Gasteiger partial charge < -0.3 is 10.1 Å². The minimum Gasteiger partial charge on any atom is -0.468 e. The molecule has 1 N–H and O–H groups in total. The Morgan fingerprint density at radius 2 is 2.45 bits per heavy atom. The number of rotatable bonds is 1. The lowest BCUT2D eigenvalue weighted by Crippen LogP contribution is -2.53. The largest absolute Gasteiger partial charge is 0.468 e. The Hall–Kier alpha value is -0.610. The molecule has 1 unspecified atom stereocenters. The predicted molar refractivity (Wildman–Crippen MR) is 41.3 cm³/mol. The van der Waals surface area contributed by atoms with E-state index in [2.05, 4.69) is 10.1 Å². The molecule has 1 saturated heterocycles. The van der Waals surface area contributed by atoms with Gasteiger partial charge >= 0.3 is 5.97 Å². The molecule has 1 aliphatic rings. The maximum atomic E-state index is 11.1. The maximum Gasteiger partial charge on any atom is 0.324 e. The highest BCUT2D eigenvalue weighted by Crippen LogP contribution is 2.00. The van der Waals surface area contributed by atoms with E-state index < -0.39 is 0 Å². The summed E-state index contributed by atoms with van der Waals surface area (Å²) in [4.78, 5) is 13.1. The molecule has 11 heavy (non-hydrogen) atoms. The van der Waals surface area contributed by atoms with Crippen LogP contribution in [0.25, 0.3) is 0 Å². The van der Waals surface area contributed by atoms with Crippen LogP contribution in [0.3, 0.4) is 0 Å². The van der Waals surface area contributed by atoms with Gasteiger partial charge in [0.25, 0.3) is 0 Å². The summed E-state index contributed by atoms with van der Waals surface area (Å²) in [7, 11) is 3.35. The van der Waals surface area contributed by atoms with Crippen molar-refractivity contribution in [3.63, 3.8) is 0 Å². The molecule has 1 fully saturated rings. The Morgan fingerprint density at radius 1 is 1.73 bits per heavy atom. The first-order valence-corrected chi connectivity index (χ1v) is 3.74. The molecule has 0 saturated carbocycles. The molecule has 0 amide bonds. The fourth-order valence-corrected chi connectivity index (χ4v) is 1.21. The summed E-state index contributed by atoms with van der Waals surface area (Å²) >= 11 is 0. The first-order valence-electron chi connectivity index (χ1n) is 3.74. The van der Waals surface area contributed by atoms with Crippen LogP contribution in [-0.2, 0) is 9.53 Å². The van der Waals surface area contributed by atoms with Gasteiger partial charge in [0.1, 0.15) is 6.04 Å². The zero-order chi connectivity index (χ0) is 8.27. The lowest BCUT2D eigenvalue weighted by molar-refractivity contribution is -0.146. The van der Waals surface area contributed by atoms with Crippen LogP contribution in [0.4, 0.5) is 0 Å². The van der Waals surface area contributed by atoms with Crippen molar-refractivity contribution < 1.29 is 9.53 Å². The van der Waals surface area contributed by atoms with Gasteiger partial charge in [0.2, 0.25) is 0 Å². The Labute approximate surface area is 66.5 Å². The smallest absolute Gasteiger partial charge is 0.324 e. The van der Waals surface area contributed by atoms with Crippen LogP contribution in [0, 0.1) is 0 Å².